The van der Waals surface area contributed by atoms with Gasteiger partial charge in [-0.05, 0) is 31.2 Å². The quantitative estimate of drug-likeness (QED) is 0.816. The Morgan fingerprint density at radius 3 is 2.29 bits per heavy atom. The zero-order valence-corrected chi connectivity index (χ0v) is 12.4. The van der Waals surface area contributed by atoms with Gasteiger partial charge in [0.25, 0.3) is 0 Å². The van der Waals surface area contributed by atoms with Gasteiger partial charge in [0.2, 0.25) is 5.89 Å². The number of hydrogen-bond donors (Lipinski definition) is 0. The second-order valence-corrected chi connectivity index (χ2v) is 5.64. The fourth-order valence-electron chi connectivity index (χ4n) is 2.32. The minimum absolute atomic E-state index is 0.217. The SMILES string of the molecule is CC(Cl)c1nnc(N2CCN(c3ccc(F)cc3)CC2)o1. The number of piperazine rings is 1. The first-order valence-corrected chi connectivity index (χ1v) is 7.30. The van der Waals surface area contributed by atoms with Crippen molar-refractivity contribution in [2.75, 3.05) is 36.0 Å². The smallest absolute Gasteiger partial charge is 0.318 e. The van der Waals surface area contributed by atoms with Gasteiger partial charge in [-0.3, -0.25) is 0 Å². The number of benzene rings is 1. The lowest BCUT2D eigenvalue weighted by molar-refractivity contribution is 0.475. The molecule has 1 atom stereocenters. The number of anilines is 2. The van der Waals surface area contributed by atoms with Crippen molar-refractivity contribution in [3.63, 3.8) is 0 Å². The summed E-state index contributed by atoms with van der Waals surface area (Å²) >= 11 is 5.92. The van der Waals surface area contributed by atoms with Crippen LogP contribution in [0.2, 0.25) is 0 Å². The molecular weight excluding hydrogens is 295 g/mol. The maximum atomic E-state index is 12.9. The van der Waals surface area contributed by atoms with Gasteiger partial charge in [0.1, 0.15) is 11.2 Å². The van der Waals surface area contributed by atoms with Crippen molar-refractivity contribution in [1.82, 2.24) is 10.2 Å². The fourth-order valence-corrected chi connectivity index (χ4v) is 2.41. The van der Waals surface area contributed by atoms with Gasteiger partial charge in [-0.15, -0.1) is 16.7 Å². The van der Waals surface area contributed by atoms with E-state index in [0.717, 1.165) is 31.9 Å². The van der Waals surface area contributed by atoms with E-state index in [1.807, 2.05) is 4.90 Å². The summed E-state index contributed by atoms with van der Waals surface area (Å²) in [5, 5.41) is 7.67. The zero-order valence-electron chi connectivity index (χ0n) is 11.7. The van der Waals surface area contributed by atoms with Gasteiger partial charge in [-0.1, -0.05) is 5.10 Å². The predicted octanol–water partition coefficient (Wildman–Crippen LogP) is 2.84. The fraction of sp³-hybridized carbons (Fsp3) is 0.429. The molecule has 1 aliphatic heterocycles. The van der Waals surface area contributed by atoms with E-state index in [4.69, 9.17) is 16.0 Å². The molecule has 0 amide bonds. The van der Waals surface area contributed by atoms with Crippen molar-refractivity contribution in [2.45, 2.75) is 12.3 Å². The summed E-state index contributed by atoms with van der Waals surface area (Å²) in [4.78, 5) is 4.24. The van der Waals surface area contributed by atoms with Crippen LogP contribution in [0.5, 0.6) is 0 Å². The van der Waals surface area contributed by atoms with Crippen molar-refractivity contribution in [3.05, 3.63) is 36.0 Å². The first-order valence-electron chi connectivity index (χ1n) is 6.86. The minimum Gasteiger partial charge on any atom is -0.406 e. The number of halogens is 2. The molecule has 1 saturated heterocycles. The van der Waals surface area contributed by atoms with Crippen LogP contribution in [0.4, 0.5) is 16.1 Å². The third kappa shape index (κ3) is 3.10. The van der Waals surface area contributed by atoms with Gasteiger partial charge < -0.3 is 14.2 Å². The first kappa shape index (κ1) is 14.1. The Bertz CT molecular complexity index is 593. The van der Waals surface area contributed by atoms with Crippen molar-refractivity contribution >= 4 is 23.3 Å². The van der Waals surface area contributed by atoms with Crippen LogP contribution in [0.25, 0.3) is 0 Å². The van der Waals surface area contributed by atoms with Crippen LogP contribution in [-0.2, 0) is 0 Å². The highest BCUT2D eigenvalue weighted by molar-refractivity contribution is 6.20. The summed E-state index contributed by atoms with van der Waals surface area (Å²) in [6, 6.07) is 7.06. The highest BCUT2D eigenvalue weighted by Gasteiger charge is 2.22. The van der Waals surface area contributed by atoms with Crippen LogP contribution in [0.15, 0.2) is 28.7 Å². The van der Waals surface area contributed by atoms with E-state index in [1.54, 1.807) is 19.1 Å². The van der Waals surface area contributed by atoms with E-state index in [-0.39, 0.29) is 11.2 Å². The zero-order chi connectivity index (χ0) is 14.8. The normalized spacial score (nSPS) is 17.1. The molecule has 0 radical (unpaired) electrons. The second-order valence-electron chi connectivity index (χ2n) is 4.99. The molecule has 1 aromatic carbocycles. The number of alkyl halides is 1. The van der Waals surface area contributed by atoms with Crippen molar-refractivity contribution in [3.8, 4) is 0 Å². The second kappa shape index (κ2) is 5.89. The molecule has 0 aliphatic carbocycles. The van der Waals surface area contributed by atoms with Gasteiger partial charge in [0, 0.05) is 31.9 Å². The summed E-state index contributed by atoms with van der Waals surface area (Å²) in [5.74, 6) is 0.221. The van der Waals surface area contributed by atoms with Gasteiger partial charge >= 0.3 is 6.01 Å². The topological polar surface area (TPSA) is 45.4 Å². The molecule has 112 valence electrons. The maximum absolute atomic E-state index is 12.9. The van der Waals surface area contributed by atoms with Crippen LogP contribution in [-0.4, -0.2) is 36.4 Å². The lowest BCUT2D eigenvalue weighted by Gasteiger charge is -2.35. The lowest BCUT2D eigenvalue weighted by Crippen LogP contribution is -2.46. The van der Waals surface area contributed by atoms with Gasteiger partial charge in [0.05, 0.1) is 0 Å². The Hall–Kier alpha value is -1.82. The Morgan fingerprint density at radius 1 is 1.10 bits per heavy atom. The molecule has 2 heterocycles. The molecular formula is C14H16ClFN4O. The summed E-state index contributed by atoms with van der Waals surface area (Å²) < 4.78 is 18.5. The first-order chi connectivity index (χ1) is 10.1. The summed E-state index contributed by atoms with van der Waals surface area (Å²) in [5.41, 5.74) is 1.02. The summed E-state index contributed by atoms with van der Waals surface area (Å²) in [6.45, 7) is 4.98. The summed E-state index contributed by atoms with van der Waals surface area (Å²) in [7, 11) is 0. The average Bonchev–Trinajstić information content (AvgIpc) is 2.98. The van der Waals surface area contributed by atoms with Crippen LogP contribution in [0.3, 0.4) is 0 Å². The third-order valence-corrected chi connectivity index (χ3v) is 3.70. The molecule has 1 fully saturated rings. The molecule has 2 aromatic rings. The average molecular weight is 311 g/mol. The molecule has 0 N–H and O–H groups in total. The van der Waals surface area contributed by atoms with Gasteiger partial charge in [0.15, 0.2) is 0 Å². The molecule has 0 saturated carbocycles. The van der Waals surface area contributed by atoms with Gasteiger partial charge in [-0.2, -0.15) is 0 Å². The Kier molecular flexibility index (Phi) is 3.96. The monoisotopic (exact) mass is 310 g/mol. The van der Waals surface area contributed by atoms with Crippen LogP contribution < -0.4 is 9.80 Å². The molecule has 3 rings (SSSR count). The van der Waals surface area contributed by atoms with Crippen LogP contribution in [0.1, 0.15) is 18.2 Å². The molecule has 1 aliphatic rings. The number of hydrogen-bond acceptors (Lipinski definition) is 5. The van der Waals surface area contributed by atoms with E-state index in [2.05, 4.69) is 15.1 Å². The molecule has 0 bridgehead atoms. The third-order valence-electron chi connectivity index (χ3n) is 3.51. The summed E-state index contributed by atoms with van der Waals surface area (Å²) in [6.07, 6.45) is 0. The molecule has 1 unspecified atom stereocenters. The van der Waals surface area contributed by atoms with E-state index >= 15 is 0 Å². The lowest BCUT2D eigenvalue weighted by atomic mass is 10.2. The number of aromatic nitrogens is 2. The minimum atomic E-state index is -0.285. The predicted molar refractivity (Wildman–Crippen MR) is 79.4 cm³/mol. The van der Waals surface area contributed by atoms with Crippen molar-refractivity contribution in [2.24, 2.45) is 0 Å². The van der Waals surface area contributed by atoms with Crippen LogP contribution in [0, 0.1) is 5.82 Å². The highest BCUT2D eigenvalue weighted by atomic mass is 35.5. The van der Waals surface area contributed by atoms with E-state index < -0.39 is 0 Å². The van der Waals surface area contributed by atoms with Gasteiger partial charge in [-0.25, -0.2) is 4.39 Å². The molecule has 1 aromatic heterocycles. The largest absolute Gasteiger partial charge is 0.406 e. The number of nitrogens with zero attached hydrogens (tertiary/aromatic N) is 4. The molecule has 21 heavy (non-hydrogen) atoms. The van der Waals surface area contributed by atoms with Crippen LogP contribution >= 0.6 is 11.6 Å². The number of rotatable bonds is 3. The maximum Gasteiger partial charge on any atom is 0.318 e. The van der Waals surface area contributed by atoms with E-state index in [0.29, 0.717) is 11.9 Å². The molecule has 0 spiro atoms. The van der Waals surface area contributed by atoms with Crippen molar-refractivity contribution in [1.29, 1.82) is 0 Å². The van der Waals surface area contributed by atoms with Crippen molar-refractivity contribution < 1.29 is 8.81 Å². The highest BCUT2D eigenvalue weighted by Crippen LogP contribution is 2.23. The Morgan fingerprint density at radius 2 is 1.71 bits per heavy atom. The Balaban J connectivity index is 1.63. The standard InChI is InChI=1S/C14H16ClFN4O/c1-10(15)13-17-18-14(21-13)20-8-6-19(7-9-20)12-4-2-11(16)3-5-12/h2-5,10H,6-9H2,1H3. The molecule has 5 nitrogen and oxygen atoms in total. The Labute approximate surface area is 127 Å². The molecule has 7 heteroatoms. The van der Waals surface area contributed by atoms with E-state index in [9.17, 15) is 4.39 Å². The van der Waals surface area contributed by atoms with E-state index in [1.165, 1.54) is 12.1 Å².